The molecule has 0 spiro atoms. The van der Waals surface area contributed by atoms with Crippen LogP contribution in [-0.2, 0) is 28.6 Å². The molecule has 0 fully saturated rings. The first kappa shape index (κ1) is 69.1. The number of rotatable bonds is 54. The number of esters is 3. The zero-order valence-electron chi connectivity index (χ0n) is 47.6. The third-order valence-electron chi connectivity index (χ3n) is 12.7. The molecule has 0 aromatic heterocycles. The highest BCUT2D eigenvalue weighted by Crippen LogP contribution is 2.15. The van der Waals surface area contributed by atoms with Gasteiger partial charge in [0.1, 0.15) is 13.2 Å². The van der Waals surface area contributed by atoms with E-state index in [1.165, 1.54) is 128 Å². The van der Waals surface area contributed by atoms with Crippen LogP contribution in [0.2, 0.25) is 0 Å². The Balaban J connectivity index is 4.47. The van der Waals surface area contributed by atoms with Gasteiger partial charge in [-0.2, -0.15) is 0 Å². The number of hydrogen-bond acceptors (Lipinski definition) is 6. The minimum atomic E-state index is -0.820. The van der Waals surface area contributed by atoms with E-state index in [0.29, 0.717) is 19.3 Å². The molecule has 6 heteroatoms. The molecule has 0 aliphatic rings. The Bertz CT molecular complexity index is 1490. The molecule has 0 bridgehead atoms. The van der Waals surface area contributed by atoms with Crippen molar-refractivity contribution < 1.29 is 28.6 Å². The van der Waals surface area contributed by atoms with Gasteiger partial charge in [-0.05, 0) is 116 Å². The monoisotopic (exact) mass is 1010 g/mol. The summed E-state index contributed by atoms with van der Waals surface area (Å²) >= 11 is 0. The molecule has 0 radical (unpaired) electrons. The summed E-state index contributed by atoms with van der Waals surface area (Å²) in [5.74, 6) is -1.01. The van der Waals surface area contributed by atoms with Crippen LogP contribution >= 0.6 is 0 Å². The van der Waals surface area contributed by atoms with Crippen LogP contribution in [0.25, 0.3) is 0 Å². The van der Waals surface area contributed by atoms with Gasteiger partial charge in [0.2, 0.25) is 0 Å². The van der Waals surface area contributed by atoms with E-state index in [4.69, 9.17) is 14.2 Å². The van der Waals surface area contributed by atoms with E-state index in [1.54, 1.807) is 0 Å². The average molecular weight is 1010 g/mol. The van der Waals surface area contributed by atoms with E-state index in [0.717, 1.165) is 103 Å². The van der Waals surface area contributed by atoms with Crippen LogP contribution in [0.1, 0.15) is 278 Å². The number of allylic oxidation sites excluding steroid dienone is 18. The first-order valence-corrected chi connectivity index (χ1v) is 30.4. The molecule has 6 nitrogen and oxygen atoms in total. The summed E-state index contributed by atoms with van der Waals surface area (Å²) in [6, 6.07) is 0. The van der Waals surface area contributed by atoms with Gasteiger partial charge in [0, 0.05) is 19.3 Å². The third kappa shape index (κ3) is 58.8. The summed E-state index contributed by atoms with van der Waals surface area (Å²) in [7, 11) is 0. The van der Waals surface area contributed by atoms with Crippen LogP contribution in [0.15, 0.2) is 109 Å². The Morgan fingerprint density at radius 2 is 0.562 bits per heavy atom. The van der Waals surface area contributed by atoms with Crippen molar-refractivity contribution in [1.29, 1.82) is 0 Å². The Labute approximate surface area is 450 Å². The fourth-order valence-corrected chi connectivity index (χ4v) is 8.20. The number of carbonyl (C=O) groups excluding carboxylic acids is 3. The van der Waals surface area contributed by atoms with Crippen molar-refractivity contribution in [3.63, 3.8) is 0 Å². The molecule has 0 rings (SSSR count). The van der Waals surface area contributed by atoms with Gasteiger partial charge >= 0.3 is 17.9 Å². The first-order chi connectivity index (χ1) is 36.0. The quantitative estimate of drug-likeness (QED) is 0.0261. The van der Waals surface area contributed by atoms with E-state index >= 15 is 0 Å². The van der Waals surface area contributed by atoms with Gasteiger partial charge in [0.05, 0.1) is 0 Å². The largest absolute Gasteiger partial charge is 0.462 e. The highest BCUT2D eigenvalue weighted by atomic mass is 16.6. The van der Waals surface area contributed by atoms with Crippen LogP contribution in [0, 0.1) is 0 Å². The molecule has 1 atom stereocenters. The van der Waals surface area contributed by atoms with Crippen LogP contribution in [-0.4, -0.2) is 37.2 Å². The molecule has 73 heavy (non-hydrogen) atoms. The Morgan fingerprint density at radius 3 is 0.959 bits per heavy atom. The van der Waals surface area contributed by atoms with E-state index in [2.05, 4.69) is 124 Å². The molecule has 0 heterocycles. The predicted octanol–water partition coefficient (Wildman–Crippen LogP) is 20.7. The van der Waals surface area contributed by atoms with Gasteiger partial charge < -0.3 is 14.2 Å². The number of unbranched alkanes of at least 4 members (excludes halogenated alkanes) is 25. The van der Waals surface area contributed by atoms with Gasteiger partial charge in [-0.3, -0.25) is 14.4 Å². The first-order valence-electron chi connectivity index (χ1n) is 30.4. The standard InChI is InChI=1S/C67H112O6/c1-4-7-10-13-16-19-22-25-28-30-32-33-35-37-40-42-45-48-51-54-57-60-66(69)72-63-64(73-67(70)61-58-55-52-49-46-43-38-27-24-21-18-15-12-9-6-3)62-71-65(68)59-56-53-50-47-44-41-39-36-34-31-29-26-23-20-17-14-11-8-5-2/h9,12,17-18,20-21,25-29,34,36,38,41,44,50,53,64H,4-8,10-11,13-16,19,22-24,30-33,35,37,39-40,42-43,45-49,51-52,54-63H2,1-3H3/b12-9-,20-17-,21-18-,28-25-,29-26-,36-34-,38-27-,44-41-,53-50-/t64-/m1/s1. The normalized spacial score (nSPS) is 12.9. The average Bonchev–Trinajstić information content (AvgIpc) is 3.39. The molecular formula is C67H112O6. The van der Waals surface area contributed by atoms with E-state index in [1.807, 2.05) is 6.08 Å². The smallest absolute Gasteiger partial charge is 0.306 e. The minimum absolute atomic E-state index is 0.109. The highest BCUT2D eigenvalue weighted by Gasteiger charge is 2.19. The van der Waals surface area contributed by atoms with E-state index in [9.17, 15) is 14.4 Å². The maximum absolute atomic E-state index is 12.9. The number of carbonyl (C=O) groups is 3. The maximum atomic E-state index is 12.9. The second kappa shape index (κ2) is 60.6. The lowest BCUT2D eigenvalue weighted by atomic mass is 10.0. The van der Waals surface area contributed by atoms with Crippen molar-refractivity contribution in [3.05, 3.63) is 109 Å². The third-order valence-corrected chi connectivity index (χ3v) is 12.7. The zero-order valence-corrected chi connectivity index (χ0v) is 47.6. The summed E-state index contributed by atoms with van der Waals surface area (Å²) in [5, 5.41) is 0. The molecule has 0 saturated heterocycles. The van der Waals surface area contributed by atoms with Gasteiger partial charge in [0.25, 0.3) is 0 Å². The number of ether oxygens (including phenoxy) is 3. The fraction of sp³-hybridized carbons (Fsp3) is 0.687. The van der Waals surface area contributed by atoms with Crippen LogP contribution in [0.5, 0.6) is 0 Å². The fourth-order valence-electron chi connectivity index (χ4n) is 8.20. The van der Waals surface area contributed by atoms with Crippen molar-refractivity contribution in [2.45, 2.75) is 284 Å². The molecule has 0 aromatic rings. The Kier molecular flexibility index (Phi) is 57.4. The molecule has 0 aliphatic carbocycles. The Morgan fingerprint density at radius 1 is 0.288 bits per heavy atom. The summed E-state index contributed by atoms with van der Waals surface area (Å²) < 4.78 is 16.8. The van der Waals surface area contributed by atoms with Crippen LogP contribution < -0.4 is 0 Å². The SMILES string of the molecule is CC/C=C\C/C=C\C/C=C\CCCCCCCC(=O)O[C@H](COC(=O)CC/C=C\C/C=C\C/C=C\C/C=C\C/C=C\CCCCC)COC(=O)CCCCCCCCCCCCC/C=C\CCCCCCCC. The lowest BCUT2D eigenvalue weighted by Gasteiger charge is -2.18. The van der Waals surface area contributed by atoms with Gasteiger partial charge in [-0.25, -0.2) is 0 Å². The topological polar surface area (TPSA) is 78.9 Å². The van der Waals surface area contributed by atoms with Crippen LogP contribution in [0.4, 0.5) is 0 Å². The molecule has 0 saturated carbocycles. The summed E-state index contributed by atoms with van der Waals surface area (Å²) in [6.45, 7) is 6.43. The van der Waals surface area contributed by atoms with Crippen LogP contribution in [0.3, 0.4) is 0 Å². The molecule has 0 N–H and O–H groups in total. The second-order valence-electron chi connectivity index (χ2n) is 19.9. The minimum Gasteiger partial charge on any atom is -0.462 e. The van der Waals surface area contributed by atoms with Gasteiger partial charge in [-0.15, -0.1) is 0 Å². The van der Waals surface area contributed by atoms with E-state index in [-0.39, 0.29) is 37.5 Å². The lowest BCUT2D eigenvalue weighted by Crippen LogP contribution is -2.30. The second-order valence-corrected chi connectivity index (χ2v) is 19.9. The van der Waals surface area contributed by atoms with Crippen molar-refractivity contribution in [2.24, 2.45) is 0 Å². The molecular weight excluding hydrogens is 901 g/mol. The molecule has 416 valence electrons. The molecule has 0 amide bonds. The highest BCUT2D eigenvalue weighted by molar-refractivity contribution is 5.71. The van der Waals surface area contributed by atoms with Crippen molar-refractivity contribution in [3.8, 4) is 0 Å². The van der Waals surface area contributed by atoms with Gasteiger partial charge in [-0.1, -0.05) is 252 Å². The Hall–Kier alpha value is -3.93. The summed E-state index contributed by atoms with van der Waals surface area (Å²) in [6.07, 6.45) is 82.4. The van der Waals surface area contributed by atoms with Crippen molar-refractivity contribution >= 4 is 17.9 Å². The molecule has 0 unspecified atom stereocenters. The van der Waals surface area contributed by atoms with E-state index < -0.39 is 6.10 Å². The zero-order chi connectivity index (χ0) is 52.9. The maximum Gasteiger partial charge on any atom is 0.306 e. The predicted molar refractivity (Wildman–Crippen MR) is 316 cm³/mol. The van der Waals surface area contributed by atoms with Gasteiger partial charge in [0.15, 0.2) is 6.10 Å². The number of hydrogen-bond donors (Lipinski definition) is 0. The summed E-state index contributed by atoms with van der Waals surface area (Å²) in [5.41, 5.74) is 0. The summed E-state index contributed by atoms with van der Waals surface area (Å²) in [4.78, 5) is 38.2. The van der Waals surface area contributed by atoms with Crippen molar-refractivity contribution in [2.75, 3.05) is 13.2 Å². The molecule has 0 aliphatic heterocycles. The van der Waals surface area contributed by atoms with Crippen molar-refractivity contribution in [1.82, 2.24) is 0 Å². The lowest BCUT2D eigenvalue weighted by molar-refractivity contribution is -0.166. The molecule has 0 aromatic carbocycles.